The molecule has 0 aliphatic rings. The third-order valence-corrected chi connectivity index (χ3v) is 15.8. The number of carbonyl (C=O) groups is 2. The lowest BCUT2D eigenvalue weighted by Gasteiger charge is -2.20. The molecule has 1 amide bonds. The van der Waals surface area contributed by atoms with E-state index >= 15 is 0 Å². The van der Waals surface area contributed by atoms with Gasteiger partial charge in [-0.25, -0.2) is 0 Å². The second-order valence-electron chi connectivity index (χ2n) is 23.2. The van der Waals surface area contributed by atoms with Crippen LogP contribution in [0.25, 0.3) is 0 Å². The largest absolute Gasteiger partial charge is 0.466 e. The van der Waals surface area contributed by atoms with Crippen molar-refractivity contribution < 1.29 is 24.5 Å². The van der Waals surface area contributed by atoms with E-state index in [1.165, 1.54) is 315 Å². The van der Waals surface area contributed by atoms with Gasteiger partial charge in [0.15, 0.2) is 0 Å². The van der Waals surface area contributed by atoms with Crippen LogP contribution in [0.4, 0.5) is 0 Å². The average Bonchev–Trinajstić information content (AvgIpc) is 3.39. The van der Waals surface area contributed by atoms with Crippen molar-refractivity contribution in [2.24, 2.45) is 0 Å². The molecule has 0 saturated heterocycles. The monoisotopic (exact) mass is 1030 g/mol. The number of nitrogens with one attached hydrogen (secondary N) is 1. The first kappa shape index (κ1) is 71.6. The molecular weight excluding hydrogens is 899 g/mol. The fourth-order valence-electron chi connectivity index (χ4n) is 10.7. The molecule has 0 heterocycles. The minimum absolute atomic E-state index is 0.0120. The summed E-state index contributed by atoms with van der Waals surface area (Å²) in [6.45, 7) is 4.94. The molecule has 6 heteroatoms. The van der Waals surface area contributed by atoms with E-state index in [-0.39, 0.29) is 18.5 Å². The van der Waals surface area contributed by atoms with E-state index in [0.717, 1.165) is 38.5 Å². The summed E-state index contributed by atoms with van der Waals surface area (Å²) in [7, 11) is 0. The molecule has 434 valence electrons. The van der Waals surface area contributed by atoms with Crippen molar-refractivity contribution in [3.8, 4) is 0 Å². The quantitative estimate of drug-likeness (QED) is 0.0320. The summed E-state index contributed by atoms with van der Waals surface area (Å²) >= 11 is 0. The Labute approximate surface area is 457 Å². The Balaban J connectivity index is 3.41. The zero-order chi connectivity index (χ0) is 52.9. The molecule has 2 unspecified atom stereocenters. The molecule has 0 spiro atoms. The molecule has 0 aromatic heterocycles. The van der Waals surface area contributed by atoms with Crippen LogP contribution >= 0.6 is 0 Å². The van der Waals surface area contributed by atoms with Crippen molar-refractivity contribution in [3.63, 3.8) is 0 Å². The molecule has 6 nitrogen and oxygen atoms in total. The number of amides is 1. The summed E-state index contributed by atoms with van der Waals surface area (Å²) in [5, 5.41) is 23.2. The number of aliphatic hydroxyl groups excluding tert-OH is 2. The minimum atomic E-state index is -0.847. The van der Waals surface area contributed by atoms with Crippen molar-refractivity contribution in [1.82, 2.24) is 5.32 Å². The van der Waals surface area contributed by atoms with Gasteiger partial charge in [-0.05, 0) is 32.1 Å². The molecule has 0 aliphatic heterocycles. The molecule has 0 aromatic rings. The number of hydrogen-bond donors (Lipinski definition) is 3. The lowest BCUT2D eigenvalue weighted by atomic mass is 10.0. The van der Waals surface area contributed by atoms with Crippen molar-refractivity contribution in [3.05, 3.63) is 12.2 Å². The fraction of sp³-hybridized carbons (Fsp3) is 0.940. The maximum Gasteiger partial charge on any atom is 0.305 e. The number of carbonyl (C=O) groups excluding carboxylic acids is 2. The number of ether oxygens (including phenoxy) is 1. The predicted octanol–water partition coefficient (Wildman–Crippen LogP) is 21.2. The maximum atomic E-state index is 12.5. The summed E-state index contributed by atoms with van der Waals surface area (Å²) in [4.78, 5) is 24.6. The van der Waals surface area contributed by atoms with Gasteiger partial charge in [-0.15, -0.1) is 0 Å². The molecule has 0 fully saturated rings. The maximum absolute atomic E-state index is 12.5. The highest BCUT2D eigenvalue weighted by atomic mass is 16.5. The van der Waals surface area contributed by atoms with E-state index in [1.54, 1.807) is 6.08 Å². The molecule has 0 aliphatic carbocycles. The van der Waals surface area contributed by atoms with Crippen LogP contribution in [0, 0.1) is 0 Å². The van der Waals surface area contributed by atoms with E-state index in [4.69, 9.17) is 4.74 Å². The number of aliphatic hydroxyl groups is 2. The van der Waals surface area contributed by atoms with E-state index in [1.807, 2.05) is 6.08 Å². The summed E-state index contributed by atoms with van der Waals surface area (Å²) in [6.07, 6.45) is 76.9. The Kier molecular flexibility index (Phi) is 61.9. The minimum Gasteiger partial charge on any atom is -0.466 e. The molecule has 0 saturated carbocycles. The van der Waals surface area contributed by atoms with Crippen LogP contribution in [-0.2, 0) is 14.3 Å². The normalized spacial score (nSPS) is 12.5. The Hall–Kier alpha value is -1.40. The van der Waals surface area contributed by atoms with E-state index in [9.17, 15) is 19.8 Å². The predicted molar refractivity (Wildman–Crippen MR) is 320 cm³/mol. The fourth-order valence-corrected chi connectivity index (χ4v) is 10.7. The second-order valence-corrected chi connectivity index (χ2v) is 23.2. The van der Waals surface area contributed by atoms with Gasteiger partial charge < -0.3 is 20.3 Å². The molecule has 0 aromatic carbocycles. The van der Waals surface area contributed by atoms with Gasteiger partial charge in [-0.1, -0.05) is 347 Å². The highest BCUT2D eigenvalue weighted by molar-refractivity contribution is 5.76. The highest BCUT2D eigenvalue weighted by Gasteiger charge is 2.18. The van der Waals surface area contributed by atoms with Gasteiger partial charge in [-0.2, -0.15) is 0 Å². The topological polar surface area (TPSA) is 95.9 Å². The average molecular weight is 1030 g/mol. The lowest BCUT2D eigenvalue weighted by Crippen LogP contribution is -2.45. The molecule has 73 heavy (non-hydrogen) atoms. The van der Waals surface area contributed by atoms with Gasteiger partial charge in [0.1, 0.15) is 0 Å². The third kappa shape index (κ3) is 59.7. The first-order chi connectivity index (χ1) is 36.0. The van der Waals surface area contributed by atoms with Crippen LogP contribution in [0.15, 0.2) is 12.2 Å². The number of rotatable bonds is 63. The van der Waals surface area contributed by atoms with Gasteiger partial charge in [0.25, 0.3) is 0 Å². The van der Waals surface area contributed by atoms with Crippen molar-refractivity contribution >= 4 is 11.9 Å². The first-order valence-electron chi connectivity index (χ1n) is 33.5. The Morgan fingerprint density at radius 3 is 0.932 bits per heavy atom. The number of esters is 1. The number of hydrogen-bond acceptors (Lipinski definition) is 5. The van der Waals surface area contributed by atoms with Crippen molar-refractivity contribution in [2.75, 3.05) is 13.2 Å². The van der Waals surface area contributed by atoms with Gasteiger partial charge in [0.2, 0.25) is 5.91 Å². The Morgan fingerprint density at radius 2 is 0.630 bits per heavy atom. The molecule has 0 radical (unpaired) electrons. The number of allylic oxidation sites excluding steroid dienone is 1. The van der Waals surface area contributed by atoms with Gasteiger partial charge in [0, 0.05) is 12.8 Å². The van der Waals surface area contributed by atoms with Crippen molar-refractivity contribution in [1.29, 1.82) is 0 Å². The number of unbranched alkanes of at least 4 members (excludes halogenated alkanes) is 52. The zero-order valence-corrected chi connectivity index (χ0v) is 49.6. The zero-order valence-electron chi connectivity index (χ0n) is 49.6. The second kappa shape index (κ2) is 63.1. The van der Waals surface area contributed by atoms with E-state index in [0.29, 0.717) is 19.4 Å². The molecule has 2 atom stereocenters. The van der Waals surface area contributed by atoms with Crippen LogP contribution in [0.5, 0.6) is 0 Å². The van der Waals surface area contributed by atoms with Crippen molar-refractivity contribution in [2.45, 2.75) is 392 Å². The van der Waals surface area contributed by atoms with Gasteiger partial charge in [0.05, 0.1) is 25.4 Å². The van der Waals surface area contributed by atoms with E-state index < -0.39 is 12.1 Å². The molecule has 3 N–H and O–H groups in total. The first-order valence-corrected chi connectivity index (χ1v) is 33.5. The SMILES string of the molecule is CCCCCCCCCCCCCCCCCCCC/C=C/C(O)C(CO)NC(=O)CCCCCCCCCCCCCCCCCCCCOC(=O)CCCCCCCCCCCCCCCCCCCC. The van der Waals surface area contributed by atoms with Gasteiger partial charge >= 0.3 is 5.97 Å². The Morgan fingerprint density at radius 1 is 0.370 bits per heavy atom. The summed E-state index contributed by atoms with van der Waals surface area (Å²) in [5.41, 5.74) is 0. The summed E-state index contributed by atoms with van der Waals surface area (Å²) < 4.78 is 5.50. The molecular formula is C67H131NO5. The summed E-state index contributed by atoms with van der Waals surface area (Å²) in [5.74, 6) is -0.0557. The van der Waals surface area contributed by atoms with Crippen LogP contribution in [0.1, 0.15) is 380 Å². The van der Waals surface area contributed by atoms with Crippen LogP contribution in [0.3, 0.4) is 0 Å². The smallest absolute Gasteiger partial charge is 0.305 e. The van der Waals surface area contributed by atoms with Gasteiger partial charge in [-0.3, -0.25) is 9.59 Å². The van der Waals surface area contributed by atoms with Crippen LogP contribution < -0.4 is 5.32 Å². The lowest BCUT2D eigenvalue weighted by molar-refractivity contribution is -0.143. The Bertz CT molecular complexity index is 1100. The standard InChI is InChI=1S/C67H131NO5/c1-3-5-7-9-11-13-15-17-19-21-23-24-27-31-35-39-43-47-51-55-59-65(70)64(63-69)68-66(71)60-56-52-48-44-40-36-32-28-25-26-30-34-38-42-46-50-54-58-62-73-67(72)61-57-53-49-45-41-37-33-29-22-20-18-16-14-12-10-8-6-4-2/h55,59,64-65,69-70H,3-54,56-58,60-63H2,1-2H3,(H,68,71)/b59-55+. The summed E-state index contributed by atoms with van der Waals surface area (Å²) in [6, 6.07) is -0.631. The van der Waals surface area contributed by atoms with E-state index in [2.05, 4.69) is 19.2 Å². The van der Waals surface area contributed by atoms with Crippen LogP contribution in [0.2, 0.25) is 0 Å². The highest BCUT2D eigenvalue weighted by Crippen LogP contribution is 2.19. The molecule has 0 bridgehead atoms. The van der Waals surface area contributed by atoms with Crippen LogP contribution in [-0.4, -0.2) is 47.4 Å². The molecule has 0 rings (SSSR count). The third-order valence-electron chi connectivity index (χ3n) is 15.8.